The van der Waals surface area contributed by atoms with Crippen molar-refractivity contribution in [1.29, 1.82) is 0 Å². The monoisotopic (exact) mass is 196 g/mol. The first kappa shape index (κ1) is 10.8. The first-order chi connectivity index (χ1) is 6.61. The van der Waals surface area contributed by atoms with E-state index in [0.717, 1.165) is 0 Å². The van der Waals surface area contributed by atoms with Crippen molar-refractivity contribution in [3.63, 3.8) is 0 Å². The van der Waals surface area contributed by atoms with Crippen LogP contribution in [0.4, 0.5) is 0 Å². The number of nitrogens with one attached hydrogen (secondary N) is 1. The zero-order chi connectivity index (χ0) is 10.7. The summed E-state index contributed by atoms with van der Waals surface area (Å²) in [4.78, 5) is 24.6. The maximum atomic E-state index is 11.6. The van der Waals surface area contributed by atoms with Crippen molar-refractivity contribution in [2.75, 3.05) is 6.54 Å². The number of piperazine rings is 1. The fourth-order valence-electron chi connectivity index (χ4n) is 1.68. The molecule has 2 amide bonds. The normalized spacial score (nSPS) is 24.4. The van der Waals surface area contributed by atoms with E-state index in [9.17, 15) is 9.59 Å². The number of rotatable bonds is 3. The summed E-state index contributed by atoms with van der Waals surface area (Å²) in [6.45, 7) is 7.50. The Morgan fingerprint density at radius 2 is 2.36 bits per heavy atom. The third-order valence-corrected chi connectivity index (χ3v) is 2.51. The van der Waals surface area contributed by atoms with Gasteiger partial charge in [0.05, 0.1) is 6.54 Å². The van der Waals surface area contributed by atoms with Crippen molar-refractivity contribution in [2.45, 2.75) is 32.4 Å². The van der Waals surface area contributed by atoms with Crippen molar-refractivity contribution in [3.05, 3.63) is 12.7 Å². The lowest BCUT2D eigenvalue weighted by molar-refractivity contribution is -0.147. The van der Waals surface area contributed by atoms with Crippen molar-refractivity contribution < 1.29 is 9.59 Å². The van der Waals surface area contributed by atoms with E-state index in [1.165, 1.54) is 0 Å². The number of carbonyl (C=O) groups is 2. The van der Waals surface area contributed by atoms with Crippen LogP contribution < -0.4 is 5.32 Å². The summed E-state index contributed by atoms with van der Waals surface area (Å²) < 4.78 is 0. The van der Waals surface area contributed by atoms with E-state index in [1.807, 2.05) is 13.8 Å². The molecular weight excluding hydrogens is 180 g/mol. The summed E-state index contributed by atoms with van der Waals surface area (Å²) in [6, 6.07) is -0.428. The predicted octanol–water partition coefficient (Wildman–Crippen LogP) is 0.298. The number of amides is 2. The molecule has 2 unspecified atom stereocenters. The summed E-state index contributed by atoms with van der Waals surface area (Å²) in [6.07, 6.45) is 2.31. The molecule has 0 saturated carbocycles. The smallest absolute Gasteiger partial charge is 0.243 e. The van der Waals surface area contributed by atoms with Gasteiger partial charge in [-0.3, -0.25) is 9.59 Å². The van der Waals surface area contributed by atoms with Crippen LogP contribution in [0.25, 0.3) is 0 Å². The SMILES string of the molecule is C=CC(C)N1C(=O)CNC(=O)C1CC. The minimum absolute atomic E-state index is 0.0381. The lowest BCUT2D eigenvalue weighted by Gasteiger charge is -2.37. The molecule has 1 N–H and O–H groups in total. The van der Waals surface area contributed by atoms with E-state index >= 15 is 0 Å². The summed E-state index contributed by atoms with van der Waals surface area (Å²) in [5.41, 5.74) is 0. The van der Waals surface area contributed by atoms with Gasteiger partial charge in [0.2, 0.25) is 11.8 Å². The minimum atomic E-state index is -0.343. The van der Waals surface area contributed by atoms with Gasteiger partial charge in [0, 0.05) is 6.04 Å². The lowest BCUT2D eigenvalue weighted by atomic mass is 10.1. The second-order valence-corrected chi connectivity index (χ2v) is 3.42. The molecule has 4 nitrogen and oxygen atoms in total. The Kier molecular flexibility index (Phi) is 3.28. The maximum Gasteiger partial charge on any atom is 0.243 e. The molecular formula is C10H16N2O2. The zero-order valence-corrected chi connectivity index (χ0v) is 8.62. The predicted molar refractivity (Wildman–Crippen MR) is 53.6 cm³/mol. The highest BCUT2D eigenvalue weighted by Gasteiger charge is 2.34. The molecule has 78 valence electrons. The van der Waals surface area contributed by atoms with Gasteiger partial charge in [0.25, 0.3) is 0 Å². The Bertz CT molecular complexity index is 263. The topological polar surface area (TPSA) is 49.4 Å². The second kappa shape index (κ2) is 4.26. The van der Waals surface area contributed by atoms with Gasteiger partial charge in [-0.1, -0.05) is 13.0 Å². The van der Waals surface area contributed by atoms with Crippen LogP contribution in [0, 0.1) is 0 Å². The van der Waals surface area contributed by atoms with E-state index < -0.39 is 0 Å². The number of nitrogens with zero attached hydrogens (tertiary/aromatic N) is 1. The number of hydrogen-bond donors (Lipinski definition) is 1. The fraction of sp³-hybridized carbons (Fsp3) is 0.600. The molecule has 1 heterocycles. The molecule has 0 aromatic heterocycles. The molecule has 2 atom stereocenters. The van der Waals surface area contributed by atoms with Crippen molar-refractivity contribution in [3.8, 4) is 0 Å². The lowest BCUT2D eigenvalue weighted by Crippen LogP contribution is -2.60. The highest BCUT2D eigenvalue weighted by molar-refractivity contribution is 5.95. The van der Waals surface area contributed by atoms with Gasteiger partial charge >= 0.3 is 0 Å². The third kappa shape index (κ3) is 1.78. The summed E-state index contributed by atoms with van der Waals surface area (Å²) in [5.74, 6) is -0.107. The molecule has 1 fully saturated rings. The van der Waals surface area contributed by atoms with E-state index in [2.05, 4.69) is 11.9 Å². The number of carbonyl (C=O) groups excluding carboxylic acids is 2. The van der Waals surface area contributed by atoms with Gasteiger partial charge in [-0.15, -0.1) is 6.58 Å². The third-order valence-electron chi connectivity index (χ3n) is 2.51. The molecule has 0 spiro atoms. The van der Waals surface area contributed by atoms with Crippen LogP contribution in [0.5, 0.6) is 0 Å². The van der Waals surface area contributed by atoms with Crippen molar-refractivity contribution in [2.24, 2.45) is 0 Å². The van der Waals surface area contributed by atoms with Crippen LogP contribution in [-0.4, -0.2) is 35.3 Å². The Labute approximate surface area is 84.0 Å². The summed E-state index contributed by atoms with van der Waals surface area (Å²) in [5, 5.41) is 2.58. The second-order valence-electron chi connectivity index (χ2n) is 3.42. The molecule has 0 aromatic rings. The largest absolute Gasteiger partial charge is 0.345 e. The molecule has 0 bridgehead atoms. The quantitative estimate of drug-likeness (QED) is 0.660. The fourth-order valence-corrected chi connectivity index (χ4v) is 1.68. The van der Waals surface area contributed by atoms with Crippen molar-refractivity contribution in [1.82, 2.24) is 10.2 Å². The average molecular weight is 196 g/mol. The van der Waals surface area contributed by atoms with Crippen LogP contribution in [-0.2, 0) is 9.59 Å². The average Bonchev–Trinajstić information content (AvgIpc) is 2.19. The molecule has 1 saturated heterocycles. The number of hydrogen-bond acceptors (Lipinski definition) is 2. The van der Waals surface area contributed by atoms with Crippen LogP contribution in [0.2, 0.25) is 0 Å². The highest BCUT2D eigenvalue weighted by Crippen LogP contribution is 2.13. The molecule has 4 heteroatoms. The zero-order valence-electron chi connectivity index (χ0n) is 8.62. The molecule has 0 aliphatic carbocycles. The molecule has 1 aliphatic rings. The standard InChI is InChI=1S/C10H16N2O2/c1-4-7(3)12-8(5-2)10(14)11-6-9(12)13/h4,7-8H,1,5-6H2,2-3H3,(H,11,14). The van der Waals surface area contributed by atoms with Crippen LogP contribution in [0.15, 0.2) is 12.7 Å². The first-order valence-electron chi connectivity index (χ1n) is 4.83. The Morgan fingerprint density at radius 1 is 1.71 bits per heavy atom. The highest BCUT2D eigenvalue weighted by atomic mass is 16.2. The van der Waals surface area contributed by atoms with Crippen LogP contribution >= 0.6 is 0 Å². The minimum Gasteiger partial charge on any atom is -0.345 e. The summed E-state index contributed by atoms with van der Waals surface area (Å²) >= 11 is 0. The molecule has 0 aromatic carbocycles. The van der Waals surface area contributed by atoms with Gasteiger partial charge in [-0.25, -0.2) is 0 Å². The first-order valence-corrected chi connectivity index (χ1v) is 4.83. The van der Waals surface area contributed by atoms with Crippen molar-refractivity contribution >= 4 is 11.8 Å². The van der Waals surface area contributed by atoms with E-state index in [-0.39, 0.29) is 30.4 Å². The van der Waals surface area contributed by atoms with Gasteiger partial charge in [0.15, 0.2) is 0 Å². The van der Waals surface area contributed by atoms with Crippen LogP contribution in [0.3, 0.4) is 0 Å². The molecule has 1 rings (SSSR count). The Hall–Kier alpha value is -1.32. The Balaban J connectivity index is 2.88. The molecule has 0 radical (unpaired) electrons. The molecule has 1 aliphatic heterocycles. The molecule has 14 heavy (non-hydrogen) atoms. The van der Waals surface area contributed by atoms with Crippen LogP contribution in [0.1, 0.15) is 20.3 Å². The summed E-state index contributed by atoms with van der Waals surface area (Å²) in [7, 11) is 0. The van der Waals surface area contributed by atoms with Gasteiger partial charge in [-0.05, 0) is 13.3 Å². The van der Waals surface area contributed by atoms with E-state index in [4.69, 9.17) is 0 Å². The van der Waals surface area contributed by atoms with Gasteiger partial charge < -0.3 is 10.2 Å². The van der Waals surface area contributed by atoms with Gasteiger partial charge in [-0.2, -0.15) is 0 Å². The Morgan fingerprint density at radius 3 is 2.86 bits per heavy atom. The van der Waals surface area contributed by atoms with E-state index in [1.54, 1.807) is 11.0 Å². The maximum absolute atomic E-state index is 11.6. The van der Waals surface area contributed by atoms with E-state index in [0.29, 0.717) is 6.42 Å². The van der Waals surface area contributed by atoms with Gasteiger partial charge in [0.1, 0.15) is 6.04 Å².